The largest absolute Gasteiger partial charge is 0.348 e. The van der Waals surface area contributed by atoms with Gasteiger partial charge in [-0.1, -0.05) is 0 Å². The number of ether oxygens (including phenoxy) is 2. The Bertz CT molecular complexity index is 352. The van der Waals surface area contributed by atoms with E-state index in [0.29, 0.717) is 25.7 Å². The van der Waals surface area contributed by atoms with Gasteiger partial charge >= 0.3 is 0 Å². The fraction of sp³-hybridized carbons (Fsp3) is 1.00. The first-order valence-electron chi connectivity index (χ1n) is 6.68. The molecule has 0 unspecified atom stereocenters. The van der Waals surface area contributed by atoms with Crippen molar-refractivity contribution in [3.8, 4) is 0 Å². The molecule has 106 valence electrons. The first-order chi connectivity index (χ1) is 8.49. The quantitative estimate of drug-likeness (QED) is 0.749. The Hall–Kier alpha value is -0.170. The molecule has 0 radical (unpaired) electrons. The molecule has 1 N–H and O–H groups in total. The van der Waals surface area contributed by atoms with Crippen LogP contribution in [0.4, 0.5) is 0 Å². The van der Waals surface area contributed by atoms with Crippen LogP contribution in [-0.2, 0) is 19.3 Å². The molecule has 0 bridgehead atoms. The summed E-state index contributed by atoms with van der Waals surface area (Å²) in [6.07, 6.45) is 5.94. The summed E-state index contributed by atoms with van der Waals surface area (Å²) in [6.45, 7) is 2.20. The monoisotopic (exact) mass is 277 g/mol. The van der Waals surface area contributed by atoms with E-state index in [2.05, 4.69) is 5.32 Å². The van der Waals surface area contributed by atoms with Crippen molar-refractivity contribution in [1.29, 1.82) is 0 Å². The van der Waals surface area contributed by atoms with Crippen LogP contribution in [0.15, 0.2) is 0 Å². The molecule has 0 atom stereocenters. The highest BCUT2D eigenvalue weighted by Crippen LogP contribution is 2.35. The van der Waals surface area contributed by atoms with Crippen molar-refractivity contribution in [2.24, 2.45) is 0 Å². The number of nitrogens with one attached hydrogen (secondary N) is 1. The van der Waals surface area contributed by atoms with Crippen LogP contribution in [0.5, 0.6) is 0 Å². The Labute approximate surface area is 109 Å². The second-order valence-corrected chi connectivity index (χ2v) is 7.58. The van der Waals surface area contributed by atoms with Gasteiger partial charge in [0.2, 0.25) is 0 Å². The normalized spacial score (nSPS) is 24.7. The van der Waals surface area contributed by atoms with E-state index in [4.69, 9.17) is 9.47 Å². The summed E-state index contributed by atoms with van der Waals surface area (Å²) >= 11 is 0. The fourth-order valence-corrected chi connectivity index (χ4v) is 3.36. The van der Waals surface area contributed by atoms with Crippen molar-refractivity contribution in [2.45, 2.75) is 43.9 Å². The van der Waals surface area contributed by atoms with E-state index in [-0.39, 0.29) is 11.5 Å². The highest BCUT2D eigenvalue weighted by atomic mass is 32.2. The van der Waals surface area contributed by atoms with Gasteiger partial charge in [-0.2, -0.15) is 0 Å². The topological polar surface area (TPSA) is 64.6 Å². The van der Waals surface area contributed by atoms with Crippen LogP contribution in [0.1, 0.15) is 32.1 Å². The first kappa shape index (κ1) is 14.2. The van der Waals surface area contributed by atoms with Gasteiger partial charge in [-0.05, 0) is 25.8 Å². The van der Waals surface area contributed by atoms with Crippen LogP contribution >= 0.6 is 0 Å². The molecule has 2 rings (SSSR count). The maximum Gasteiger partial charge on any atom is 0.168 e. The first-order valence-corrected chi connectivity index (χ1v) is 8.74. The predicted octanol–water partition coefficient (Wildman–Crippen LogP) is 0.696. The molecule has 0 aromatic heterocycles. The van der Waals surface area contributed by atoms with E-state index < -0.39 is 9.84 Å². The minimum absolute atomic E-state index is 0.267. The Morgan fingerprint density at radius 3 is 2.39 bits per heavy atom. The number of hydrogen-bond acceptors (Lipinski definition) is 5. The lowest BCUT2D eigenvalue weighted by atomic mass is 9.90. The van der Waals surface area contributed by atoms with Crippen LogP contribution in [-0.4, -0.2) is 52.0 Å². The van der Waals surface area contributed by atoms with E-state index in [1.807, 2.05) is 0 Å². The minimum Gasteiger partial charge on any atom is -0.348 e. The highest BCUT2D eigenvalue weighted by Gasteiger charge is 2.39. The van der Waals surface area contributed by atoms with Gasteiger partial charge in [0.05, 0.1) is 19.0 Å². The van der Waals surface area contributed by atoms with Crippen molar-refractivity contribution < 1.29 is 17.9 Å². The van der Waals surface area contributed by atoms with Gasteiger partial charge in [-0.25, -0.2) is 8.42 Å². The van der Waals surface area contributed by atoms with Crippen molar-refractivity contribution in [3.05, 3.63) is 0 Å². The molecule has 1 spiro atoms. The van der Waals surface area contributed by atoms with Crippen LogP contribution in [0.25, 0.3) is 0 Å². The van der Waals surface area contributed by atoms with Crippen molar-refractivity contribution in [1.82, 2.24) is 5.32 Å². The second-order valence-electron chi connectivity index (χ2n) is 5.32. The number of rotatable bonds is 5. The van der Waals surface area contributed by atoms with Crippen molar-refractivity contribution in [3.63, 3.8) is 0 Å². The third-order valence-electron chi connectivity index (χ3n) is 3.69. The molecule has 0 amide bonds. The van der Waals surface area contributed by atoms with Gasteiger partial charge in [0, 0.05) is 25.1 Å². The van der Waals surface area contributed by atoms with Gasteiger partial charge in [0.15, 0.2) is 5.79 Å². The fourth-order valence-electron chi connectivity index (χ4n) is 2.69. The summed E-state index contributed by atoms with van der Waals surface area (Å²) in [5.41, 5.74) is 0. The molecule has 2 aliphatic rings. The predicted molar refractivity (Wildman–Crippen MR) is 69.2 cm³/mol. The molecular formula is C12H23NO4S. The SMILES string of the molecule is CS(=O)(=O)CCCNC1CCC2(CC1)OCCO2. The second kappa shape index (κ2) is 5.86. The average Bonchev–Trinajstić information content (AvgIpc) is 2.75. The standard InChI is InChI=1S/C12H23NO4S/c1-18(14,15)10-2-7-13-11-3-5-12(6-4-11)16-8-9-17-12/h11,13H,2-10H2,1H3. The molecule has 1 heterocycles. The summed E-state index contributed by atoms with van der Waals surface area (Å²) in [5, 5.41) is 3.42. The third kappa shape index (κ3) is 4.19. The van der Waals surface area contributed by atoms with Crippen molar-refractivity contribution >= 4 is 9.84 Å². The maximum absolute atomic E-state index is 11.0. The van der Waals surface area contributed by atoms with Gasteiger partial charge < -0.3 is 14.8 Å². The van der Waals surface area contributed by atoms with E-state index >= 15 is 0 Å². The van der Waals surface area contributed by atoms with Gasteiger partial charge in [0.25, 0.3) is 0 Å². The lowest BCUT2D eigenvalue weighted by Gasteiger charge is -2.35. The molecule has 1 aliphatic heterocycles. The van der Waals surface area contributed by atoms with E-state index in [1.165, 1.54) is 6.26 Å². The van der Waals surface area contributed by atoms with Gasteiger partial charge in [-0.3, -0.25) is 0 Å². The molecule has 5 nitrogen and oxygen atoms in total. The molecule has 0 aromatic carbocycles. The summed E-state index contributed by atoms with van der Waals surface area (Å²) in [6, 6.07) is 0.475. The summed E-state index contributed by atoms with van der Waals surface area (Å²) in [5.74, 6) is -0.0339. The Morgan fingerprint density at radius 1 is 1.22 bits per heavy atom. The zero-order chi connectivity index (χ0) is 13.1. The number of sulfone groups is 1. The van der Waals surface area contributed by atoms with E-state index in [0.717, 1.165) is 32.2 Å². The van der Waals surface area contributed by atoms with Crippen LogP contribution < -0.4 is 5.32 Å². The Kier molecular flexibility index (Phi) is 4.64. The zero-order valence-electron chi connectivity index (χ0n) is 11.0. The average molecular weight is 277 g/mol. The molecule has 1 aliphatic carbocycles. The molecule has 18 heavy (non-hydrogen) atoms. The maximum atomic E-state index is 11.0. The Morgan fingerprint density at radius 2 is 1.83 bits per heavy atom. The molecular weight excluding hydrogens is 254 g/mol. The molecule has 1 saturated carbocycles. The Balaban J connectivity index is 1.62. The van der Waals surface area contributed by atoms with E-state index in [9.17, 15) is 8.42 Å². The van der Waals surface area contributed by atoms with E-state index in [1.54, 1.807) is 0 Å². The van der Waals surface area contributed by atoms with Gasteiger partial charge in [0.1, 0.15) is 9.84 Å². The number of hydrogen-bond donors (Lipinski definition) is 1. The van der Waals surface area contributed by atoms with Crippen molar-refractivity contribution in [2.75, 3.05) is 31.8 Å². The molecule has 1 saturated heterocycles. The zero-order valence-corrected chi connectivity index (χ0v) is 11.8. The highest BCUT2D eigenvalue weighted by molar-refractivity contribution is 7.90. The molecule has 6 heteroatoms. The van der Waals surface area contributed by atoms with Crippen LogP contribution in [0, 0.1) is 0 Å². The lowest BCUT2D eigenvalue weighted by Crippen LogP contribution is -2.42. The minimum atomic E-state index is -2.83. The van der Waals surface area contributed by atoms with Crippen LogP contribution in [0.2, 0.25) is 0 Å². The van der Waals surface area contributed by atoms with Crippen LogP contribution in [0.3, 0.4) is 0 Å². The molecule has 0 aromatic rings. The van der Waals surface area contributed by atoms with Gasteiger partial charge in [-0.15, -0.1) is 0 Å². The summed E-state index contributed by atoms with van der Waals surface area (Å²) in [4.78, 5) is 0. The lowest BCUT2D eigenvalue weighted by molar-refractivity contribution is -0.179. The summed E-state index contributed by atoms with van der Waals surface area (Å²) in [7, 11) is -2.83. The molecule has 2 fully saturated rings. The summed E-state index contributed by atoms with van der Waals surface area (Å²) < 4.78 is 33.3. The third-order valence-corrected chi connectivity index (χ3v) is 4.72. The smallest absolute Gasteiger partial charge is 0.168 e.